The first-order valence-corrected chi connectivity index (χ1v) is 12.0. The quantitative estimate of drug-likeness (QED) is 0.329. The molecule has 0 aliphatic heterocycles. The number of aryl methyl sites for hydroxylation is 1. The van der Waals surface area contributed by atoms with Crippen molar-refractivity contribution in [3.05, 3.63) is 50.9 Å². The standard InChI is InChI=1S/C21H22ClFN4O4S2/c1-5-13-11(2)33-19(18(13)20(29)30-4)24-17(28)10-32-21-26-25-16(27(21)3)9-31-15-7-6-12(23)8-14(15)22/h6-8H,5,9-10H2,1-4H3,(H,24,28). The molecule has 1 amide bonds. The molecule has 0 fully saturated rings. The average molecular weight is 513 g/mol. The van der Waals surface area contributed by atoms with Gasteiger partial charge in [-0.05, 0) is 37.1 Å². The molecule has 8 nitrogen and oxygen atoms in total. The van der Waals surface area contributed by atoms with E-state index in [0.717, 1.165) is 16.5 Å². The number of carbonyl (C=O) groups excluding carboxylic acids is 2. The fourth-order valence-corrected chi connectivity index (χ4v) is 5.14. The number of ether oxygens (including phenoxy) is 2. The van der Waals surface area contributed by atoms with E-state index in [1.807, 2.05) is 13.8 Å². The molecule has 33 heavy (non-hydrogen) atoms. The molecule has 0 spiro atoms. The Balaban J connectivity index is 1.61. The largest absolute Gasteiger partial charge is 0.484 e. The van der Waals surface area contributed by atoms with Gasteiger partial charge in [0.1, 0.15) is 23.2 Å². The minimum absolute atomic E-state index is 0.0651. The first-order chi connectivity index (χ1) is 15.7. The smallest absolute Gasteiger partial charge is 0.341 e. The van der Waals surface area contributed by atoms with E-state index in [1.54, 1.807) is 11.6 Å². The van der Waals surface area contributed by atoms with Crippen LogP contribution in [0, 0.1) is 12.7 Å². The molecule has 1 aromatic carbocycles. The van der Waals surface area contributed by atoms with Crippen molar-refractivity contribution in [1.29, 1.82) is 0 Å². The minimum Gasteiger partial charge on any atom is -0.484 e. The number of nitrogens with zero attached hydrogens (tertiary/aromatic N) is 3. The zero-order valence-corrected chi connectivity index (χ0v) is 20.8. The van der Waals surface area contributed by atoms with Crippen LogP contribution in [0.4, 0.5) is 9.39 Å². The second-order valence-electron chi connectivity index (χ2n) is 6.84. The van der Waals surface area contributed by atoms with Crippen molar-refractivity contribution in [2.24, 2.45) is 7.05 Å². The number of halogens is 2. The summed E-state index contributed by atoms with van der Waals surface area (Å²) in [5.74, 6) is -0.312. The number of amides is 1. The highest BCUT2D eigenvalue weighted by Gasteiger charge is 2.23. The molecular weight excluding hydrogens is 491 g/mol. The van der Waals surface area contributed by atoms with Gasteiger partial charge in [0.15, 0.2) is 11.0 Å². The van der Waals surface area contributed by atoms with Gasteiger partial charge in [-0.15, -0.1) is 21.5 Å². The maximum atomic E-state index is 13.2. The second-order valence-corrected chi connectivity index (χ2v) is 9.42. The van der Waals surface area contributed by atoms with Gasteiger partial charge in [-0.3, -0.25) is 4.79 Å². The number of anilines is 1. The van der Waals surface area contributed by atoms with Crippen molar-refractivity contribution >= 4 is 51.6 Å². The summed E-state index contributed by atoms with van der Waals surface area (Å²) in [5.41, 5.74) is 1.27. The van der Waals surface area contributed by atoms with E-state index < -0.39 is 11.8 Å². The normalized spacial score (nSPS) is 10.8. The van der Waals surface area contributed by atoms with Gasteiger partial charge in [-0.1, -0.05) is 30.3 Å². The molecule has 0 bridgehead atoms. The fraction of sp³-hybridized carbons (Fsp3) is 0.333. The van der Waals surface area contributed by atoms with Crippen LogP contribution in [-0.4, -0.2) is 39.5 Å². The molecular formula is C21H22ClFN4O4S2. The van der Waals surface area contributed by atoms with Gasteiger partial charge in [0.2, 0.25) is 5.91 Å². The summed E-state index contributed by atoms with van der Waals surface area (Å²) in [7, 11) is 3.06. The number of esters is 1. The summed E-state index contributed by atoms with van der Waals surface area (Å²) in [4.78, 5) is 25.7. The van der Waals surface area contributed by atoms with Crippen LogP contribution in [0.5, 0.6) is 5.75 Å². The molecule has 0 aliphatic carbocycles. The highest BCUT2D eigenvalue weighted by molar-refractivity contribution is 7.99. The number of thioether (sulfide) groups is 1. The summed E-state index contributed by atoms with van der Waals surface area (Å²) in [6.07, 6.45) is 0.657. The van der Waals surface area contributed by atoms with Crippen molar-refractivity contribution < 1.29 is 23.5 Å². The van der Waals surface area contributed by atoms with Crippen LogP contribution in [0.15, 0.2) is 23.4 Å². The van der Waals surface area contributed by atoms with Crippen molar-refractivity contribution in [2.75, 3.05) is 18.2 Å². The van der Waals surface area contributed by atoms with Crippen LogP contribution in [0.1, 0.15) is 33.5 Å². The summed E-state index contributed by atoms with van der Waals surface area (Å²) < 4.78 is 25.3. The van der Waals surface area contributed by atoms with E-state index in [2.05, 4.69) is 15.5 Å². The SMILES string of the molecule is CCc1c(C)sc(NC(=O)CSc2nnc(COc3ccc(F)cc3Cl)n2C)c1C(=O)OC. The average Bonchev–Trinajstić information content (AvgIpc) is 3.29. The van der Waals surface area contributed by atoms with Crippen molar-refractivity contribution in [2.45, 2.75) is 32.0 Å². The number of rotatable bonds is 9. The Hall–Kier alpha value is -2.63. The van der Waals surface area contributed by atoms with Crippen LogP contribution < -0.4 is 10.1 Å². The molecule has 2 aromatic heterocycles. The molecule has 3 rings (SSSR count). The number of benzene rings is 1. The molecule has 0 saturated carbocycles. The summed E-state index contributed by atoms with van der Waals surface area (Å²) in [6.45, 7) is 3.92. The molecule has 12 heteroatoms. The summed E-state index contributed by atoms with van der Waals surface area (Å²) in [5, 5.41) is 12.1. The Morgan fingerprint density at radius 1 is 1.33 bits per heavy atom. The van der Waals surface area contributed by atoms with Gasteiger partial charge in [-0.2, -0.15) is 0 Å². The van der Waals surface area contributed by atoms with Crippen LogP contribution in [0.25, 0.3) is 0 Å². The first-order valence-electron chi connectivity index (χ1n) is 9.84. The first kappa shape index (κ1) is 25.0. The van der Waals surface area contributed by atoms with E-state index in [-0.39, 0.29) is 23.3 Å². The Kier molecular flexibility index (Phi) is 8.33. The zero-order chi connectivity index (χ0) is 24.1. The monoisotopic (exact) mass is 512 g/mol. The number of carbonyl (C=O) groups is 2. The van der Waals surface area contributed by atoms with E-state index in [1.165, 1.54) is 42.3 Å². The predicted octanol–water partition coefficient (Wildman–Crippen LogP) is 4.64. The molecule has 0 radical (unpaired) electrons. The van der Waals surface area contributed by atoms with Crippen molar-refractivity contribution in [3.63, 3.8) is 0 Å². The molecule has 0 saturated heterocycles. The van der Waals surface area contributed by atoms with Gasteiger partial charge in [0.25, 0.3) is 0 Å². The van der Waals surface area contributed by atoms with Gasteiger partial charge in [0, 0.05) is 11.9 Å². The number of nitrogens with one attached hydrogen (secondary N) is 1. The maximum Gasteiger partial charge on any atom is 0.341 e. The molecule has 0 unspecified atom stereocenters. The highest BCUT2D eigenvalue weighted by atomic mass is 35.5. The summed E-state index contributed by atoms with van der Waals surface area (Å²) >= 11 is 8.51. The number of aromatic nitrogens is 3. The Morgan fingerprint density at radius 2 is 2.09 bits per heavy atom. The van der Waals surface area contributed by atoms with E-state index in [0.29, 0.717) is 33.7 Å². The molecule has 1 N–H and O–H groups in total. The van der Waals surface area contributed by atoms with Crippen LogP contribution in [-0.2, 0) is 29.6 Å². The van der Waals surface area contributed by atoms with Gasteiger partial charge in [-0.25, -0.2) is 9.18 Å². The lowest BCUT2D eigenvalue weighted by Crippen LogP contribution is -2.16. The molecule has 3 aromatic rings. The Morgan fingerprint density at radius 3 is 2.76 bits per heavy atom. The molecule has 2 heterocycles. The lowest BCUT2D eigenvalue weighted by atomic mass is 10.1. The highest BCUT2D eigenvalue weighted by Crippen LogP contribution is 2.34. The number of hydrogen-bond donors (Lipinski definition) is 1. The van der Waals surface area contributed by atoms with Crippen molar-refractivity contribution in [1.82, 2.24) is 14.8 Å². The minimum atomic E-state index is -0.474. The Labute approximate surface area is 203 Å². The maximum absolute atomic E-state index is 13.2. The number of methoxy groups -OCH3 is 1. The van der Waals surface area contributed by atoms with E-state index >= 15 is 0 Å². The predicted molar refractivity (Wildman–Crippen MR) is 126 cm³/mol. The third kappa shape index (κ3) is 5.84. The molecule has 176 valence electrons. The fourth-order valence-electron chi connectivity index (χ4n) is 3.03. The topological polar surface area (TPSA) is 95.3 Å². The Bertz CT molecular complexity index is 1180. The third-order valence-corrected chi connectivity index (χ3v) is 7.09. The summed E-state index contributed by atoms with van der Waals surface area (Å²) in [6, 6.07) is 3.85. The number of thiophene rings is 1. The number of hydrogen-bond acceptors (Lipinski definition) is 8. The van der Waals surface area contributed by atoms with Crippen molar-refractivity contribution in [3.8, 4) is 5.75 Å². The zero-order valence-electron chi connectivity index (χ0n) is 18.4. The van der Waals surface area contributed by atoms with Crippen LogP contribution in [0.2, 0.25) is 5.02 Å². The van der Waals surface area contributed by atoms with Crippen LogP contribution in [0.3, 0.4) is 0 Å². The lowest BCUT2D eigenvalue weighted by Gasteiger charge is -2.08. The van der Waals surface area contributed by atoms with E-state index in [9.17, 15) is 14.0 Å². The molecule has 0 aliphatic rings. The van der Waals surface area contributed by atoms with Gasteiger partial charge < -0.3 is 19.4 Å². The lowest BCUT2D eigenvalue weighted by molar-refractivity contribution is -0.113. The molecule has 0 atom stereocenters. The third-order valence-electron chi connectivity index (χ3n) is 4.71. The van der Waals surface area contributed by atoms with Crippen LogP contribution >= 0.6 is 34.7 Å². The second kappa shape index (κ2) is 11.0. The van der Waals surface area contributed by atoms with Gasteiger partial charge in [0.05, 0.1) is 23.4 Å². The van der Waals surface area contributed by atoms with Gasteiger partial charge >= 0.3 is 5.97 Å². The van der Waals surface area contributed by atoms with E-state index in [4.69, 9.17) is 21.1 Å².